The van der Waals surface area contributed by atoms with E-state index >= 15 is 0 Å². The molecule has 5 heteroatoms. The molecular weight excluding hydrogens is 280 g/mol. The first-order valence-corrected chi connectivity index (χ1v) is 6.74. The van der Waals surface area contributed by atoms with Gasteiger partial charge in [0, 0.05) is 24.0 Å². The van der Waals surface area contributed by atoms with Crippen LogP contribution in [0.15, 0.2) is 54.6 Å². The van der Waals surface area contributed by atoms with Crippen molar-refractivity contribution < 1.29 is 14.4 Å². The molecule has 0 spiro atoms. The fourth-order valence-electron chi connectivity index (χ4n) is 1.92. The molecule has 112 valence electrons. The van der Waals surface area contributed by atoms with Crippen LogP contribution in [-0.4, -0.2) is 24.6 Å². The molecule has 0 fully saturated rings. The zero-order valence-corrected chi connectivity index (χ0v) is 12.4. The maximum Gasteiger partial charge on any atom is 0.316 e. The molecular formula is C17H16N2O3. The molecule has 2 aromatic carbocycles. The van der Waals surface area contributed by atoms with Crippen molar-refractivity contribution in [2.45, 2.75) is 6.92 Å². The summed E-state index contributed by atoms with van der Waals surface area (Å²) in [6.45, 7) is 1.44. The third-order valence-electron chi connectivity index (χ3n) is 3.17. The number of nitrogens with zero attached hydrogens (tertiary/aromatic N) is 1. The third-order valence-corrected chi connectivity index (χ3v) is 3.17. The van der Waals surface area contributed by atoms with Crippen LogP contribution in [-0.2, 0) is 9.59 Å². The second-order valence-electron chi connectivity index (χ2n) is 4.79. The van der Waals surface area contributed by atoms with Crippen LogP contribution in [0, 0.1) is 0 Å². The van der Waals surface area contributed by atoms with Gasteiger partial charge in [0.15, 0.2) is 5.78 Å². The smallest absolute Gasteiger partial charge is 0.316 e. The summed E-state index contributed by atoms with van der Waals surface area (Å²) in [5, 5.41) is 2.51. The minimum Gasteiger partial charge on any atom is -0.318 e. The van der Waals surface area contributed by atoms with E-state index in [1.54, 1.807) is 42.5 Å². The summed E-state index contributed by atoms with van der Waals surface area (Å²) in [4.78, 5) is 36.7. The van der Waals surface area contributed by atoms with Crippen molar-refractivity contribution in [3.8, 4) is 0 Å². The summed E-state index contributed by atoms with van der Waals surface area (Å²) in [7, 11) is 1.53. The first kappa shape index (κ1) is 15.4. The molecule has 2 rings (SSSR count). The van der Waals surface area contributed by atoms with Crippen molar-refractivity contribution in [2.75, 3.05) is 17.3 Å². The van der Waals surface area contributed by atoms with Gasteiger partial charge in [0.05, 0.1) is 0 Å². The lowest BCUT2D eigenvalue weighted by molar-refractivity contribution is -0.134. The van der Waals surface area contributed by atoms with E-state index in [1.807, 2.05) is 6.07 Å². The minimum absolute atomic E-state index is 0.108. The van der Waals surface area contributed by atoms with Crippen LogP contribution >= 0.6 is 0 Å². The average Bonchev–Trinajstić information content (AvgIpc) is 2.54. The number of para-hydroxylation sites is 1. The molecule has 0 aliphatic carbocycles. The van der Waals surface area contributed by atoms with Gasteiger partial charge in [0.1, 0.15) is 0 Å². The van der Waals surface area contributed by atoms with Gasteiger partial charge >= 0.3 is 11.8 Å². The Morgan fingerprint density at radius 1 is 0.955 bits per heavy atom. The summed E-state index contributed by atoms with van der Waals surface area (Å²) in [6, 6.07) is 15.3. The molecule has 0 heterocycles. The van der Waals surface area contributed by atoms with Crippen LogP contribution in [0.3, 0.4) is 0 Å². The number of Topliss-reactive ketones (excluding diaryl/α,β-unsaturated/α-hetero) is 1. The summed E-state index contributed by atoms with van der Waals surface area (Å²) in [6.07, 6.45) is 0. The summed E-state index contributed by atoms with van der Waals surface area (Å²) < 4.78 is 0. The number of carbonyl (C=O) groups is 3. The number of amides is 2. The Morgan fingerprint density at radius 2 is 1.64 bits per heavy atom. The molecule has 0 aliphatic heterocycles. The summed E-state index contributed by atoms with van der Waals surface area (Å²) >= 11 is 0. The highest BCUT2D eigenvalue weighted by Gasteiger charge is 2.20. The van der Waals surface area contributed by atoms with Crippen molar-refractivity contribution in [1.29, 1.82) is 0 Å². The first-order valence-electron chi connectivity index (χ1n) is 6.74. The molecule has 0 radical (unpaired) electrons. The SMILES string of the molecule is CC(=O)c1cccc(NC(=O)C(=O)N(C)c2ccccc2)c1. The van der Waals surface area contributed by atoms with Gasteiger partial charge in [-0.3, -0.25) is 14.4 Å². The number of benzene rings is 2. The number of hydrogen-bond donors (Lipinski definition) is 1. The van der Waals surface area contributed by atoms with Crippen LogP contribution < -0.4 is 10.2 Å². The Kier molecular flexibility index (Phi) is 4.68. The van der Waals surface area contributed by atoms with E-state index in [1.165, 1.54) is 24.9 Å². The number of likely N-dealkylation sites (N-methyl/N-ethyl adjacent to an activating group) is 1. The lowest BCUT2D eigenvalue weighted by Gasteiger charge is -2.16. The highest BCUT2D eigenvalue weighted by Crippen LogP contribution is 2.14. The third kappa shape index (κ3) is 3.58. The topological polar surface area (TPSA) is 66.5 Å². The van der Waals surface area contributed by atoms with Crippen LogP contribution in [0.4, 0.5) is 11.4 Å². The monoisotopic (exact) mass is 296 g/mol. The highest BCUT2D eigenvalue weighted by molar-refractivity contribution is 6.44. The lowest BCUT2D eigenvalue weighted by atomic mass is 10.1. The molecule has 0 saturated carbocycles. The van der Waals surface area contributed by atoms with E-state index in [0.717, 1.165) is 0 Å². The molecule has 0 atom stereocenters. The van der Waals surface area contributed by atoms with E-state index in [4.69, 9.17) is 0 Å². The molecule has 0 aliphatic rings. The Labute approximate surface area is 128 Å². The Balaban J connectivity index is 2.10. The van der Waals surface area contributed by atoms with Crippen LogP contribution in [0.5, 0.6) is 0 Å². The lowest BCUT2D eigenvalue weighted by Crippen LogP contribution is -2.37. The average molecular weight is 296 g/mol. The molecule has 5 nitrogen and oxygen atoms in total. The zero-order valence-electron chi connectivity index (χ0n) is 12.4. The van der Waals surface area contributed by atoms with E-state index in [2.05, 4.69) is 5.32 Å². The second kappa shape index (κ2) is 6.67. The maximum atomic E-state index is 12.1. The van der Waals surface area contributed by atoms with Crippen molar-refractivity contribution in [3.05, 3.63) is 60.2 Å². The van der Waals surface area contributed by atoms with Gasteiger partial charge in [-0.1, -0.05) is 30.3 Å². The Hall–Kier alpha value is -2.95. The molecule has 0 unspecified atom stereocenters. The molecule has 22 heavy (non-hydrogen) atoms. The molecule has 2 aromatic rings. The first-order chi connectivity index (χ1) is 10.5. The number of anilines is 2. The molecule has 0 saturated heterocycles. The number of carbonyl (C=O) groups excluding carboxylic acids is 3. The standard InChI is InChI=1S/C17H16N2O3/c1-12(20)13-7-6-8-14(11-13)18-16(21)17(22)19(2)15-9-4-3-5-10-15/h3-11H,1-2H3,(H,18,21). The fourth-order valence-corrected chi connectivity index (χ4v) is 1.92. The molecule has 2 amide bonds. The summed E-state index contributed by atoms with van der Waals surface area (Å²) in [5.41, 5.74) is 1.51. The van der Waals surface area contributed by atoms with Crippen molar-refractivity contribution in [3.63, 3.8) is 0 Å². The van der Waals surface area contributed by atoms with Gasteiger partial charge in [-0.15, -0.1) is 0 Å². The molecule has 1 N–H and O–H groups in total. The van der Waals surface area contributed by atoms with Crippen molar-refractivity contribution >= 4 is 29.0 Å². The van der Waals surface area contributed by atoms with Gasteiger partial charge in [-0.05, 0) is 31.2 Å². The van der Waals surface area contributed by atoms with Crippen LogP contribution in [0.2, 0.25) is 0 Å². The van der Waals surface area contributed by atoms with Gasteiger partial charge in [0.2, 0.25) is 0 Å². The molecule has 0 aromatic heterocycles. The quantitative estimate of drug-likeness (QED) is 0.699. The van der Waals surface area contributed by atoms with Gasteiger partial charge in [-0.2, -0.15) is 0 Å². The minimum atomic E-state index is -0.757. The van der Waals surface area contributed by atoms with Gasteiger partial charge < -0.3 is 10.2 Å². The highest BCUT2D eigenvalue weighted by atomic mass is 16.2. The zero-order chi connectivity index (χ0) is 16.1. The normalized spacial score (nSPS) is 9.91. The predicted molar refractivity (Wildman–Crippen MR) is 84.9 cm³/mol. The Bertz CT molecular complexity index is 711. The largest absolute Gasteiger partial charge is 0.318 e. The second-order valence-corrected chi connectivity index (χ2v) is 4.79. The van der Waals surface area contributed by atoms with Gasteiger partial charge in [0.25, 0.3) is 0 Å². The predicted octanol–water partition coefficient (Wildman–Crippen LogP) is 2.49. The van der Waals surface area contributed by atoms with Crippen molar-refractivity contribution in [2.24, 2.45) is 0 Å². The Morgan fingerprint density at radius 3 is 2.27 bits per heavy atom. The summed E-state index contributed by atoms with van der Waals surface area (Å²) in [5.74, 6) is -1.55. The molecule has 0 bridgehead atoms. The van der Waals surface area contributed by atoms with Gasteiger partial charge in [-0.25, -0.2) is 0 Å². The van der Waals surface area contributed by atoms with E-state index in [-0.39, 0.29) is 5.78 Å². The van der Waals surface area contributed by atoms with E-state index in [0.29, 0.717) is 16.9 Å². The number of ketones is 1. The number of nitrogens with one attached hydrogen (secondary N) is 1. The van der Waals surface area contributed by atoms with Crippen LogP contribution in [0.25, 0.3) is 0 Å². The van der Waals surface area contributed by atoms with Crippen molar-refractivity contribution in [1.82, 2.24) is 0 Å². The van der Waals surface area contributed by atoms with E-state index < -0.39 is 11.8 Å². The van der Waals surface area contributed by atoms with E-state index in [9.17, 15) is 14.4 Å². The fraction of sp³-hybridized carbons (Fsp3) is 0.118. The maximum absolute atomic E-state index is 12.1. The number of hydrogen-bond acceptors (Lipinski definition) is 3. The van der Waals surface area contributed by atoms with Crippen LogP contribution in [0.1, 0.15) is 17.3 Å². The number of rotatable bonds is 3.